The molecule has 3 aromatic rings. The summed E-state index contributed by atoms with van der Waals surface area (Å²) < 4.78 is 6.28. The number of amides is 1. The Morgan fingerprint density at radius 3 is 2.87 bits per heavy atom. The lowest BCUT2D eigenvalue weighted by atomic mass is 9.79. The van der Waals surface area contributed by atoms with Crippen LogP contribution in [0.3, 0.4) is 0 Å². The Hall–Kier alpha value is -3.45. The molecule has 38 heavy (non-hydrogen) atoms. The molecule has 3 aliphatic heterocycles. The number of rotatable bonds is 4. The van der Waals surface area contributed by atoms with Gasteiger partial charge in [-0.3, -0.25) is 4.79 Å². The zero-order valence-corrected chi connectivity index (χ0v) is 22.5. The van der Waals surface area contributed by atoms with Gasteiger partial charge in [-0.1, -0.05) is 24.2 Å². The molecule has 1 amide bonds. The van der Waals surface area contributed by atoms with E-state index in [-0.39, 0.29) is 29.8 Å². The highest BCUT2D eigenvalue weighted by atomic mass is 35.5. The molecule has 0 bridgehead atoms. The average molecular weight is 548 g/mol. The van der Waals surface area contributed by atoms with Crippen molar-refractivity contribution in [1.82, 2.24) is 14.9 Å². The second-order valence-electron chi connectivity index (χ2n) is 10.2. The molecule has 10 heteroatoms. The first-order valence-electron chi connectivity index (χ1n) is 12.5. The van der Waals surface area contributed by atoms with Crippen molar-refractivity contribution in [1.29, 1.82) is 5.26 Å². The first-order chi connectivity index (χ1) is 18.3. The van der Waals surface area contributed by atoms with Gasteiger partial charge in [-0.25, -0.2) is 9.97 Å². The van der Waals surface area contributed by atoms with E-state index in [0.717, 1.165) is 34.8 Å². The summed E-state index contributed by atoms with van der Waals surface area (Å²) in [6.07, 6.45) is 2.58. The minimum Gasteiger partial charge on any atom is -0.507 e. The number of pyridine rings is 1. The van der Waals surface area contributed by atoms with Gasteiger partial charge in [0, 0.05) is 54.7 Å². The number of hydrogen-bond donors (Lipinski definition) is 1. The van der Waals surface area contributed by atoms with Crippen LogP contribution in [0.2, 0.25) is 5.02 Å². The van der Waals surface area contributed by atoms with E-state index in [9.17, 15) is 15.2 Å². The van der Waals surface area contributed by atoms with Gasteiger partial charge in [-0.2, -0.15) is 5.26 Å². The Bertz CT molecular complexity index is 1490. The fourth-order valence-corrected chi connectivity index (χ4v) is 7.10. The van der Waals surface area contributed by atoms with Gasteiger partial charge in [0.05, 0.1) is 39.5 Å². The number of carbonyl (C=O) groups is 1. The predicted molar refractivity (Wildman–Crippen MR) is 145 cm³/mol. The van der Waals surface area contributed by atoms with Crippen LogP contribution in [0.1, 0.15) is 39.9 Å². The first-order valence-corrected chi connectivity index (χ1v) is 13.7. The number of nitriles is 1. The van der Waals surface area contributed by atoms with Crippen LogP contribution in [0.5, 0.6) is 5.75 Å². The number of aromatic nitrogens is 2. The zero-order valence-electron chi connectivity index (χ0n) is 20.9. The number of carbonyl (C=O) groups excluding carboxylic acids is 1. The Labute approximate surface area is 229 Å². The van der Waals surface area contributed by atoms with Gasteiger partial charge in [0.15, 0.2) is 0 Å². The smallest absolute Gasteiger partial charge is 0.245 e. The van der Waals surface area contributed by atoms with Crippen LogP contribution in [0.15, 0.2) is 36.4 Å². The van der Waals surface area contributed by atoms with Crippen molar-refractivity contribution in [2.45, 2.75) is 32.5 Å². The van der Waals surface area contributed by atoms with Gasteiger partial charge in [0.25, 0.3) is 0 Å². The Morgan fingerprint density at radius 2 is 2.18 bits per heavy atom. The van der Waals surface area contributed by atoms with Crippen molar-refractivity contribution >= 4 is 34.7 Å². The van der Waals surface area contributed by atoms with Crippen molar-refractivity contribution < 1.29 is 14.6 Å². The molecule has 6 rings (SSSR count). The van der Waals surface area contributed by atoms with E-state index in [1.165, 1.54) is 6.08 Å². The molecular weight excluding hydrogens is 522 g/mol. The molecule has 0 radical (unpaired) electrons. The molecule has 5 heterocycles. The minimum absolute atomic E-state index is 0.00393. The van der Waals surface area contributed by atoms with Crippen molar-refractivity contribution in [3.05, 3.63) is 68.8 Å². The molecule has 1 atom stereocenters. The van der Waals surface area contributed by atoms with Crippen LogP contribution in [0.25, 0.3) is 11.1 Å². The molecule has 2 fully saturated rings. The van der Waals surface area contributed by atoms with Crippen molar-refractivity contribution in [2.24, 2.45) is 5.41 Å². The largest absolute Gasteiger partial charge is 0.507 e. The third kappa shape index (κ3) is 3.95. The standard InChI is InChI=1S/C28H26ClN5O3S/c1-3-23(36)34-13-28(14-34)7-8-33(12-28)27-17(10-30)24(25-19(29)5-4-6-21(25)35)18-11-37-22(9-20(18)32-27)26-16(2)31-15-38-26/h3-6,15,22,35H,1,7-9,11-14H2,2H3/t22-/m0/s1. The summed E-state index contributed by atoms with van der Waals surface area (Å²) >= 11 is 8.18. The highest BCUT2D eigenvalue weighted by Crippen LogP contribution is 2.48. The molecule has 0 saturated carbocycles. The van der Waals surface area contributed by atoms with E-state index in [2.05, 4.69) is 22.5 Å². The molecular formula is C28H26ClN5O3S. The maximum absolute atomic E-state index is 12.1. The fourth-order valence-electron chi connectivity index (χ4n) is 5.98. The highest BCUT2D eigenvalue weighted by molar-refractivity contribution is 7.09. The lowest BCUT2D eigenvalue weighted by Crippen LogP contribution is -2.59. The molecule has 1 aromatic carbocycles. The minimum atomic E-state index is -0.189. The summed E-state index contributed by atoms with van der Waals surface area (Å²) in [5.41, 5.74) is 5.70. The molecule has 1 N–H and O–H groups in total. The maximum atomic E-state index is 12.1. The second kappa shape index (κ2) is 9.38. The number of hydrogen-bond acceptors (Lipinski definition) is 8. The average Bonchev–Trinajstić information content (AvgIpc) is 3.53. The normalized spacial score (nSPS) is 19.7. The quantitative estimate of drug-likeness (QED) is 0.469. The number of fused-ring (bicyclic) bond motifs is 1. The predicted octanol–water partition coefficient (Wildman–Crippen LogP) is 4.78. The monoisotopic (exact) mass is 547 g/mol. The Balaban J connectivity index is 1.45. The number of phenolic OH excluding ortho intramolecular Hbond substituents is 1. The van der Waals surface area contributed by atoms with Crippen LogP contribution < -0.4 is 4.90 Å². The van der Waals surface area contributed by atoms with E-state index < -0.39 is 0 Å². The van der Waals surface area contributed by atoms with Gasteiger partial charge in [-0.05, 0) is 31.6 Å². The lowest BCUT2D eigenvalue weighted by molar-refractivity contribution is -0.136. The summed E-state index contributed by atoms with van der Waals surface area (Å²) in [6, 6.07) is 7.34. The number of ether oxygens (including phenoxy) is 1. The van der Waals surface area contributed by atoms with Crippen LogP contribution in [-0.4, -0.2) is 52.1 Å². The third-order valence-corrected chi connectivity index (χ3v) is 9.22. The summed E-state index contributed by atoms with van der Waals surface area (Å²) in [6.45, 7) is 8.55. The first kappa shape index (κ1) is 24.9. The Morgan fingerprint density at radius 1 is 1.37 bits per heavy atom. The van der Waals surface area contributed by atoms with E-state index in [0.29, 0.717) is 53.6 Å². The highest BCUT2D eigenvalue weighted by Gasteiger charge is 2.49. The lowest BCUT2D eigenvalue weighted by Gasteiger charge is -2.47. The van der Waals surface area contributed by atoms with Crippen molar-refractivity contribution in [3.63, 3.8) is 0 Å². The molecule has 1 spiro atoms. The number of thiazole rings is 1. The number of halogens is 1. The molecule has 0 aliphatic carbocycles. The molecule has 0 unspecified atom stereocenters. The molecule has 3 aliphatic rings. The number of phenols is 1. The fraction of sp³-hybridized carbons (Fsp3) is 0.357. The van der Waals surface area contributed by atoms with Gasteiger partial charge in [0.1, 0.15) is 23.2 Å². The topological polar surface area (TPSA) is 103 Å². The van der Waals surface area contributed by atoms with Gasteiger partial charge >= 0.3 is 0 Å². The summed E-state index contributed by atoms with van der Waals surface area (Å²) in [5.74, 6) is 0.538. The van der Waals surface area contributed by atoms with Gasteiger partial charge < -0.3 is 19.6 Å². The zero-order chi connectivity index (χ0) is 26.6. The second-order valence-corrected chi connectivity index (χ2v) is 11.5. The molecule has 2 saturated heterocycles. The maximum Gasteiger partial charge on any atom is 0.245 e. The molecule has 2 aromatic heterocycles. The summed E-state index contributed by atoms with van der Waals surface area (Å²) in [7, 11) is 0. The van der Waals surface area contributed by atoms with Crippen molar-refractivity contribution in [3.8, 4) is 22.9 Å². The van der Waals surface area contributed by atoms with E-state index in [4.69, 9.17) is 21.3 Å². The number of benzene rings is 1. The van der Waals surface area contributed by atoms with Crippen molar-refractivity contribution in [2.75, 3.05) is 31.1 Å². The molecule has 194 valence electrons. The number of anilines is 1. The van der Waals surface area contributed by atoms with Crippen LogP contribution in [0.4, 0.5) is 5.82 Å². The number of aromatic hydroxyl groups is 1. The molecule has 8 nitrogen and oxygen atoms in total. The van der Waals surface area contributed by atoms with Crippen LogP contribution in [0, 0.1) is 23.7 Å². The van der Waals surface area contributed by atoms with Crippen LogP contribution in [-0.2, 0) is 22.6 Å². The number of nitrogens with zero attached hydrogens (tertiary/aromatic N) is 5. The van der Waals surface area contributed by atoms with E-state index >= 15 is 0 Å². The number of likely N-dealkylation sites (tertiary alicyclic amines) is 1. The summed E-state index contributed by atoms with van der Waals surface area (Å²) in [4.78, 5) is 26.5. The van der Waals surface area contributed by atoms with Gasteiger partial charge in [-0.15, -0.1) is 11.3 Å². The summed E-state index contributed by atoms with van der Waals surface area (Å²) in [5, 5.41) is 21.7. The van der Waals surface area contributed by atoms with Gasteiger partial charge in [0.2, 0.25) is 5.91 Å². The number of aryl methyl sites for hydroxylation is 1. The SMILES string of the molecule is C=CC(=O)N1CC2(CCN(c3nc4c(c(-c5c(O)cccc5Cl)c3C#N)CO[C@H](c3scnc3C)C4)C2)C1. The van der Waals surface area contributed by atoms with Crippen LogP contribution >= 0.6 is 22.9 Å². The Kier molecular flexibility index (Phi) is 6.14. The van der Waals surface area contributed by atoms with E-state index in [1.807, 2.05) is 12.4 Å². The van der Waals surface area contributed by atoms with E-state index in [1.54, 1.807) is 34.4 Å². The third-order valence-electron chi connectivity index (χ3n) is 7.88.